The van der Waals surface area contributed by atoms with Crippen LogP contribution in [0.3, 0.4) is 0 Å². The quantitative estimate of drug-likeness (QED) is 0.369. The lowest BCUT2D eigenvalue weighted by molar-refractivity contribution is -0.120. The Morgan fingerprint density at radius 2 is 1.26 bits per heavy atom. The van der Waals surface area contributed by atoms with Crippen molar-refractivity contribution in [3.63, 3.8) is 0 Å². The summed E-state index contributed by atoms with van der Waals surface area (Å²) in [6.07, 6.45) is 0. The highest BCUT2D eigenvalue weighted by Crippen LogP contribution is 2.26. The van der Waals surface area contributed by atoms with Crippen LogP contribution in [-0.4, -0.2) is 28.0 Å². The van der Waals surface area contributed by atoms with Crippen molar-refractivity contribution < 1.29 is 17.9 Å². The summed E-state index contributed by atoms with van der Waals surface area (Å²) in [5.41, 5.74) is 2.20. The van der Waals surface area contributed by atoms with Crippen LogP contribution < -0.4 is 14.4 Å². The van der Waals surface area contributed by atoms with Gasteiger partial charge >= 0.3 is 0 Å². The number of carbonyl (C=O) groups excluding carboxylic acids is 1. The van der Waals surface area contributed by atoms with Crippen molar-refractivity contribution in [1.29, 1.82) is 0 Å². The minimum absolute atomic E-state index is 0.0672. The first kappa shape index (κ1) is 24.0. The smallest absolute Gasteiger partial charge is 0.264 e. The van der Waals surface area contributed by atoms with Crippen molar-refractivity contribution in [3.05, 3.63) is 126 Å². The van der Waals surface area contributed by atoms with E-state index >= 15 is 0 Å². The molecule has 4 aromatic rings. The van der Waals surface area contributed by atoms with Crippen LogP contribution >= 0.6 is 0 Å². The third kappa shape index (κ3) is 5.70. The number of anilines is 1. The van der Waals surface area contributed by atoms with Gasteiger partial charge in [0, 0.05) is 0 Å². The molecule has 0 fully saturated rings. The van der Waals surface area contributed by atoms with E-state index in [9.17, 15) is 13.2 Å². The number of rotatable bonds is 9. The summed E-state index contributed by atoms with van der Waals surface area (Å²) < 4.78 is 33.5. The molecule has 1 N–H and O–H groups in total. The fourth-order valence-corrected chi connectivity index (χ4v) is 5.19. The summed E-state index contributed by atoms with van der Waals surface area (Å²) in [6, 6.07) is 33.4. The Morgan fingerprint density at radius 3 is 1.74 bits per heavy atom. The normalized spacial score (nSPS) is 11.1. The number of nitrogens with zero attached hydrogens (tertiary/aromatic N) is 1. The monoisotopic (exact) mass is 486 g/mol. The second kappa shape index (κ2) is 10.9. The van der Waals surface area contributed by atoms with Crippen LogP contribution in [0.5, 0.6) is 5.75 Å². The second-order valence-corrected chi connectivity index (χ2v) is 9.71. The van der Waals surface area contributed by atoms with Gasteiger partial charge in [0.25, 0.3) is 10.0 Å². The molecule has 0 spiro atoms. The molecule has 0 saturated heterocycles. The van der Waals surface area contributed by atoms with Crippen LogP contribution in [0.2, 0.25) is 0 Å². The fourth-order valence-electron chi connectivity index (χ4n) is 3.77. The summed E-state index contributed by atoms with van der Waals surface area (Å²) in [7, 11) is -2.51. The number of hydrogen-bond acceptors (Lipinski definition) is 4. The third-order valence-corrected chi connectivity index (χ3v) is 7.34. The van der Waals surface area contributed by atoms with Crippen molar-refractivity contribution in [2.75, 3.05) is 18.0 Å². The molecular formula is C28H26N2O4S. The molecular weight excluding hydrogens is 460 g/mol. The van der Waals surface area contributed by atoms with Gasteiger partial charge in [0.05, 0.1) is 23.7 Å². The Balaban J connectivity index is 1.65. The van der Waals surface area contributed by atoms with Gasteiger partial charge in [-0.05, 0) is 47.5 Å². The molecule has 0 aliphatic rings. The van der Waals surface area contributed by atoms with Gasteiger partial charge < -0.3 is 10.1 Å². The third-order valence-electron chi connectivity index (χ3n) is 5.55. The highest BCUT2D eigenvalue weighted by Gasteiger charge is 2.28. The Hall–Kier alpha value is -4.10. The van der Waals surface area contributed by atoms with E-state index in [1.54, 1.807) is 42.5 Å². The topological polar surface area (TPSA) is 75.7 Å². The predicted molar refractivity (Wildman–Crippen MR) is 137 cm³/mol. The highest BCUT2D eigenvalue weighted by atomic mass is 32.2. The average Bonchev–Trinajstić information content (AvgIpc) is 2.92. The van der Waals surface area contributed by atoms with E-state index in [2.05, 4.69) is 5.32 Å². The van der Waals surface area contributed by atoms with Crippen LogP contribution in [0.15, 0.2) is 120 Å². The van der Waals surface area contributed by atoms with Crippen molar-refractivity contribution in [1.82, 2.24) is 5.32 Å². The van der Waals surface area contributed by atoms with E-state index in [0.717, 1.165) is 15.4 Å². The maximum atomic E-state index is 13.6. The van der Waals surface area contributed by atoms with E-state index in [1.807, 2.05) is 60.7 Å². The van der Waals surface area contributed by atoms with E-state index in [1.165, 1.54) is 19.2 Å². The number of sulfonamides is 1. The molecule has 0 aliphatic heterocycles. The first-order valence-corrected chi connectivity index (χ1v) is 12.5. The van der Waals surface area contributed by atoms with Crippen molar-refractivity contribution >= 4 is 21.6 Å². The number of nitrogens with one attached hydrogen (secondary N) is 1. The zero-order valence-corrected chi connectivity index (χ0v) is 20.1. The van der Waals surface area contributed by atoms with Gasteiger partial charge in [-0.2, -0.15) is 0 Å². The largest absolute Gasteiger partial charge is 0.497 e. The number of para-hydroxylation sites is 1. The SMILES string of the molecule is COc1ccc(S(=O)(=O)N(CC(=O)NC(c2ccccc2)c2ccccc2)c2ccccc2)cc1. The number of carbonyl (C=O) groups is 1. The van der Waals surface area contributed by atoms with Gasteiger partial charge in [0.1, 0.15) is 12.3 Å². The molecule has 0 bridgehead atoms. The summed E-state index contributed by atoms with van der Waals surface area (Å²) in [5, 5.41) is 3.03. The lowest BCUT2D eigenvalue weighted by Gasteiger charge is -2.26. The van der Waals surface area contributed by atoms with E-state index in [-0.39, 0.29) is 11.4 Å². The number of methoxy groups -OCH3 is 1. The predicted octanol–water partition coefficient (Wildman–Crippen LogP) is 4.80. The lowest BCUT2D eigenvalue weighted by atomic mass is 9.99. The molecule has 0 atom stereocenters. The summed E-state index contributed by atoms with van der Waals surface area (Å²) in [5.74, 6) is 0.116. The molecule has 0 heterocycles. The average molecular weight is 487 g/mol. The maximum absolute atomic E-state index is 13.6. The first-order chi connectivity index (χ1) is 17.0. The molecule has 0 unspecified atom stereocenters. The number of benzene rings is 4. The van der Waals surface area contributed by atoms with Crippen LogP contribution in [-0.2, 0) is 14.8 Å². The van der Waals surface area contributed by atoms with Gasteiger partial charge in [-0.15, -0.1) is 0 Å². The van der Waals surface area contributed by atoms with Crippen LogP contribution in [0, 0.1) is 0 Å². The second-order valence-electron chi connectivity index (χ2n) is 7.84. The molecule has 178 valence electrons. The van der Waals surface area contributed by atoms with Gasteiger partial charge in [0.15, 0.2) is 0 Å². The van der Waals surface area contributed by atoms with Gasteiger partial charge in [-0.3, -0.25) is 9.10 Å². The van der Waals surface area contributed by atoms with E-state index in [0.29, 0.717) is 11.4 Å². The Morgan fingerprint density at radius 1 is 0.771 bits per heavy atom. The van der Waals surface area contributed by atoms with Gasteiger partial charge in [-0.1, -0.05) is 78.9 Å². The summed E-state index contributed by atoms with van der Waals surface area (Å²) >= 11 is 0. The Bertz CT molecular complexity index is 1310. The molecule has 4 rings (SSSR count). The van der Waals surface area contributed by atoms with E-state index < -0.39 is 22.0 Å². The highest BCUT2D eigenvalue weighted by molar-refractivity contribution is 7.92. The zero-order valence-electron chi connectivity index (χ0n) is 19.2. The van der Waals surface area contributed by atoms with Crippen LogP contribution in [0.1, 0.15) is 17.2 Å². The molecule has 0 saturated carbocycles. The molecule has 7 heteroatoms. The van der Waals surface area contributed by atoms with E-state index in [4.69, 9.17) is 4.74 Å². The molecule has 0 radical (unpaired) electrons. The zero-order chi connectivity index (χ0) is 24.7. The molecule has 4 aromatic carbocycles. The van der Waals surface area contributed by atoms with Gasteiger partial charge in [-0.25, -0.2) is 8.42 Å². The summed E-state index contributed by atoms with van der Waals surface area (Å²) in [6.45, 7) is -0.380. The molecule has 1 amide bonds. The standard InChI is InChI=1S/C28H26N2O4S/c1-34-25-17-19-26(20-18-25)35(32,33)30(24-15-9-4-10-16-24)21-27(31)29-28(22-11-5-2-6-12-22)23-13-7-3-8-14-23/h2-20,28H,21H2,1H3,(H,29,31). The summed E-state index contributed by atoms with van der Waals surface area (Å²) in [4.78, 5) is 13.4. The van der Waals surface area contributed by atoms with Crippen LogP contribution in [0.25, 0.3) is 0 Å². The molecule has 0 aliphatic carbocycles. The number of amides is 1. The number of ether oxygens (including phenoxy) is 1. The van der Waals surface area contributed by atoms with Crippen molar-refractivity contribution in [2.24, 2.45) is 0 Å². The molecule has 35 heavy (non-hydrogen) atoms. The van der Waals surface area contributed by atoms with Gasteiger partial charge in [0.2, 0.25) is 5.91 Å². The molecule has 6 nitrogen and oxygen atoms in total. The van der Waals surface area contributed by atoms with Crippen molar-refractivity contribution in [3.8, 4) is 5.75 Å². The first-order valence-electron chi connectivity index (χ1n) is 11.1. The van der Waals surface area contributed by atoms with Crippen molar-refractivity contribution in [2.45, 2.75) is 10.9 Å². The minimum atomic E-state index is -4.02. The number of hydrogen-bond donors (Lipinski definition) is 1. The maximum Gasteiger partial charge on any atom is 0.264 e. The lowest BCUT2D eigenvalue weighted by Crippen LogP contribution is -2.42. The molecule has 0 aromatic heterocycles. The Kier molecular flexibility index (Phi) is 7.48. The minimum Gasteiger partial charge on any atom is -0.497 e. The van der Waals surface area contributed by atoms with Crippen LogP contribution in [0.4, 0.5) is 5.69 Å². The Labute approximate surface area is 205 Å². The fraction of sp³-hybridized carbons (Fsp3) is 0.107.